The lowest BCUT2D eigenvalue weighted by molar-refractivity contribution is 0.619. The summed E-state index contributed by atoms with van der Waals surface area (Å²) in [6, 6.07) is 5.71. The molecule has 0 spiro atoms. The summed E-state index contributed by atoms with van der Waals surface area (Å²) in [6.07, 6.45) is 0. The molecule has 3 heteroatoms. The van der Waals surface area contributed by atoms with E-state index in [0.29, 0.717) is 0 Å². The Hall–Kier alpha value is -1.02. The standard InChI is InChI=1S/C11H15ClN2/c1-8-7-10(12)5-6-11(8)13-9(2)14(3)4/h5-7H,1-4H3. The molecule has 0 aliphatic heterocycles. The van der Waals surface area contributed by atoms with E-state index in [4.69, 9.17) is 11.6 Å². The van der Waals surface area contributed by atoms with Crippen molar-refractivity contribution >= 4 is 23.1 Å². The highest BCUT2D eigenvalue weighted by Gasteiger charge is 1.99. The maximum Gasteiger partial charge on any atom is 0.101 e. The Labute approximate surface area is 90.2 Å². The molecule has 0 heterocycles. The minimum absolute atomic E-state index is 0.754. The Morgan fingerprint density at radius 2 is 2.00 bits per heavy atom. The molecule has 0 fully saturated rings. The van der Waals surface area contributed by atoms with Crippen LogP contribution in [-0.2, 0) is 0 Å². The number of nitrogens with zero attached hydrogens (tertiary/aromatic N) is 2. The smallest absolute Gasteiger partial charge is 0.101 e. The van der Waals surface area contributed by atoms with Crippen LogP contribution in [0, 0.1) is 6.92 Å². The van der Waals surface area contributed by atoms with E-state index >= 15 is 0 Å². The molecular weight excluding hydrogens is 196 g/mol. The van der Waals surface area contributed by atoms with Gasteiger partial charge in [0.15, 0.2) is 0 Å². The molecule has 0 bridgehead atoms. The average Bonchev–Trinajstić information content (AvgIpc) is 2.09. The molecule has 0 saturated carbocycles. The number of aliphatic imine (C=N–C) groups is 1. The van der Waals surface area contributed by atoms with E-state index < -0.39 is 0 Å². The molecule has 0 aromatic heterocycles. The minimum atomic E-state index is 0.754. The molecular formula is C11H15ClN2. The van der Waals surface area contributed by atoms with Crippen molar-refractivity contribution in [1.29, 1.82) is 0 Å². The van der Waals surface area contributed by atoms with Gasteiger partial charge >= 0.3 is 0 Å². The lowest BCUT2D eigenvalue weighted by atomic mass is 10.2. The third kappa shape index (κ3) is 2.74. The van der Waals surface area contributed by atoms with Gasteiger partial charge in [0, 0.05) is 19.1 Å². The van der Waals surface area contributed by atoms with Crippen LogP contribution in [-0.4, -0.2) is 24.8 Å². The number of rotatable bonds is 1. The van der Waals surface area contributed by atoms with Crippen molar-refractivity contribution in [1.82, 2.24) is 4.90 Å². The van der Waals surface area contributed by atoms with Gasteiger partial charge in [-0.3, -0.25) is 0 Å². The van der Waals surface area contributed by atoms with Crippen molar-refractivity contribution in [2.75, 3.05) is 14.1 Å². The van der Waals surface area contributed by atoms with Crippen LogP contribution in [0.15, 0.2) is 23.2 Å². The molecule has 0 saturated heterocycles. The Morgan fingerprint density at radius 1 is 1.36 bits per heavy atom. The fourth-order valence-corrected chi connectivity index (χ4v) is 1.25. The zero-order valence-corrected chi connectivity index (χ0v) is 9.76. The van der Waals surface area contributed by atoms with Gasteiger partial charge < -0.3 is 4.90 Å². The summed E-state index contributed by atoms with van der Waals surface area (Å²) in [5.41, 5.74) is 2.07. The van der Waals surface area contributed by atoms with Gasteiger partial charge in [-0.25, -0.2) is 4.99 Å². The lowest BCUT2D eigenvalue weighted by Gasteiger charge is -2.11. The second kappa shape index (κ2) is 4.47. The molecule has 1 aromatic rings. The van der Waals surface area contributed by atoms with Crippen molar-refractivity contribution < 1.29 is 0 Å². The van der Waals surface area contributed by atoms with Crippen LogP contribution in [0.2, 0.25) is 5.02 Å². The monoisotopic (exact) mass is 210 g/mol. The summed E-state index contributed by atoms with van der Waals surface area (Å²) in [7, 11) is 3.95. The Balaban J connectivity index is 3.03. The molecule has 0 aliphatic carbocycles. The van der Waals surface area contributed by atoms with Crippen molar-refractivity contribution in [3.63, 3.8) is 0 Å². The van der Waals surface area contributed by atoms with E-state index in [-0.39, 0.29) is 0 Å². The number of aryl methyl sites for hydroxylation is 1. The summed E-state index contributed by atoms with van der Waals surface area (Å²) in [4.78, 5) is 6.46. The van der Waals surface area contributed by atoms with Crippen LogP contribution >= 0.6 is 11.6 Å². The van der Waals surface area contributed by atoms with Gasteiger partial charge in [0.1, 0.15) is 5.84 Å². The summed E-state index contributed by atoms with van der Waals surface area (Å²) >= 11 is 5.86. The zero-order chi connectivity index (χ0) is 10.7. The third-order valence-electron chi connectivity index (χ3n) is 2.09. The third-order valence-corrected chi connectivity index (χ3v) is 2.32. The molecule has 1 aromatic carbocycles. The van der Waals surface area contributed by atoms with E-state index in [2.05, 4.69) is 4.99 Å². The number of hydrogen-bond acceptors (Lipinski definition) is 1. The highest BCUT2D eigenvalue weighted by atomic mass is 35.5. The van der Waals surface area contributed by atoms with Crippen molar-refractivity contribution in [3.8, 4) is 0 Å². The molecule has 14 heavy (non-hydrogen) atoms. The largest absolute Gasteiger partial charge is 0.366 e. The first-order chi connectivity index (χ1) is 6.50. The number of benzene rings is 1. The minimum Gasteiger partial charge on any atom is -0.366 e. The van der Waals surface area contributed by atoms with E-state index in [9.17, 15) is 0 Å². The van der Waals surface area contributed by atoms with E-state index in [1.807, 2.05) is 51.0 Å². The van der Waals surface area contributed by atoms with Crippen LogP contribution in [0.4, 0.5) is 5.69 Å². The molecule has 0 unspecified atom stereocenters. The van der Waals surface area contributed by atoms with E-state index in [1.54, 1.807) is 0 Å². The van der Waals surface area contributed by atoms with Crippen molar-refractivity contribution in [2.24, 2.45) is 4.99 Å². The highest BCUT2D eigenvalue weighted by Crippen LogP contribution is 2.22. The Bertz CT molecular complexity index is 356. The second-order valence-electron chi connectivity index (χ2n) is 3.48. The van der Waals surface area contributed by atoms with Gasteiger partial charge in [-0.2, -0.15) is 0 Å². The number of amidine groups is 1. The molecule has 76 valence electrons. The molecule has 0 aliphatic rings. The van der Waals surface area contributed by atoms with Gasteiger partial charge in [0.05, 0.1) is 5.69 Å². The second-order valence-corrected chi connectivity index (χ2v) is 3.92. The van der Waals surface area contributed by atoms with Gasteiger partial charge in [0.2, 0.25) is 0 Å². The fraction of sp³-hybridized carbons (Fsp3) is 0.364. The molecule has 1 rings (SSSR count). The lowest BCUT2D eigenvalue weighted by Crippen LogP contribution is -2.17. The van der Waals surface area contributed by atoms with Crippen LogP contribution in [0.3, 0.4) is 0 Å². The Kier molecular flexibility index (Phi) is 3.53. The van der Waals surface area contributed by atoms with Gasteiger partial charge in [-0.05, 0) is 37.6 Å². The SMILES string of the molecule is CC(=Nc1ccc(Cl)cc1C)N(C)C. The van der Waals surface area contributed by atoms with Crippen molar-refractivity contribution in [2.45, 2.75) is 13.8 Å². The van der Waals surface area contributed by atoms with E-state index in [0.717, 1.165) is 22.1 Å². The number of halogens is 1. The molecule has 2 nitrogen and oxygen atoms in total. The number of hydrogen-bond donors (Lipinski definition) is 0. The van der Waals surface area contributed by atoms with Gasteiger partial charge in [-0.15, -0.1) is 0 Å². The summed E-state index contributed by atoms with van der Waals surface area (Å²) in [5.74, 6) is 0.982. The summed E-state index contributed by atoms with van der Waals surface area (Å²) < 4.78 is 0. The van der Waals surface area contributed by atoms with Gasteiger partial charge in [0.25, 0.3) is 0 Å². The molecule has 0 N–H and O–H groups in total. The zero-order valence-electron chi connectivity index (χ0n) is 9.00. The first kappa shape index (κ1) is 11.1. The maximum absolute atomic E-state index is 5.86. The maximum atomic E-state index is 5.86. The average molecular weight is 211 g/mol. The van der Waals surface area contributed by atoms with Crippen LogP contribution < -0.4 is 0 Å². The summed E-state index contributed by atoms with van der Waals surface area (Å²) in [6.45, 7) is 3.99. The Morgan fingerprint density at radius 3 is 2.50 bits per heavy atom. The first-order valence-electron chi connectivity index (χ1n) is 4.49. The quantitative estimate of drug-likeness (QED) is 0.513. The first-order valence-corrected chi connectivity index (χ1v) is 4.87. The summed E-state index contributed by atoms with van der Waals surface area (Å²) in [5, 5.41) is 0.754. The fourth-order valence-electron chi connectivity index (χ4n) is 1.02. The topological polar surface area (TPSA) is 15.6 Å². The van der Waals surface area contributed by atoms with Crippen LogP contribution in [0.1, 0.15) is 12.5 Å². The van der Waals surface area contributed by atoms with Crippen LogP contribution in [0.5, 0.6) is 0 Å². The highest BCUT2D eigenvalue weighted by molar-refractivity contribution is 6.30. The van der Waals surface area contributed by atoms with E-state index in [1.165, 1.54) is 0 Å². The molecule has 0 radical (unpaired) electrons. The van der Waals surface area contributed by atoms with Crippen molar-refractivity contribution in [3.05, 3.63) is 28.8 Å². The molecule has 0 atom stereocenters. The molecule has 0 amide bonds. The predicted molar refractivity (Wildman–Crippen MR) is 62.6 cm³/mol. The predicted octanol–water partition coefficient (Wildman–Crippen LogP) is 3.26. The normalized spacial score (nSPS) is 11.6. The van der Waals surface area contributed by atoms with Gasteiger partial charge in [-0.1, -0.05) is 11.6 Å². The van der Waals surface area contributed by atoms with Crippen LogP contribution in [0.25, 0.3) is 0 Å².